The van der Waals surface area contributed by atoms with Gasteiger partial charge in [-0.3, -0.25) is 0 Å². The van der Waals surface area contributed by atoms with Crippen LogP contribution in [0.15, 0.2) is 147 Å². The molecule has 3 aliphatic carbocycles. The molecule has 6 N–H and O–H groups in total. The lowest BCUT2D eigenvalue weighted by atomic mass is 9.84. The summed E-state index contributed by atoms with van der Waals surface area (Å²) in [6, 6.07) is 38.7. The van der Waals surface area contributed by atoms with Gasteiger partial charge < -0.3 is 30.6 Å². The number of benzene rings is 4. The zero-order valence-electron chi connectivity index (χ0n) is 54.1. The molecule has 0 amide bonds. The van der Waals surface area contributed by atoms with Crippen LogP contribution in [0.2, 0.25) is 0 Å². The Labute approximate surface area is 588 Å². The van der Waals surface area contributed by atoms with E-state index in [4.69, 9.17) is 15.3 Å². The topological polar surface area (TPSA) is 173 Å². The number of allylic oxidation sites excluding steroid dienone is 6. The summed E-state index contributed by atoms with van der Waals surface area (Å²) in [5.74, 6) is 0.681. The molecule has 7 aromatic rings. The summed E-state index contributed by atoms with van der Waals surface area (Å²) in [7, 11) is 0. The van der Waals surface area contributed by atoms with Crippen molar-refractivity contribution in [3.05, 3.63) is 210 Å². The molecule has 0 radical (unpaired) electrons. The van der Waals surface area contributed by atoms with E-state index in [-0.39, 0.29) is 12.2 Å². The lowest BCUT2D eigenvalue weighted by Crippen LogP contribution is -2.09. The summed E-state index contributed by atoms with van der Waals surface area (Å²) in [6.07, 6.45) is 31.5. The van der Waals surface area contributed by atoms with Crippen molar-refractivity contribution in [2.75, 3.05) is 0 Å². The molecule has 4 aromatic carbocycles. The first-order valence-electron chi connectivity index (χ1n) is 33.8. The van der Waals surface area contributed by atoms with Crippen LogP contribution in [0.4, 0.5) is 0 Å². The molecule has 10 rings (SSSR count). The number of aromatic carboxylic acids is 3. The van der Waals surface area contributed by atoms with Gasteiger partial charge in [0.2, 0.25) is 0 Å². The fraction of sp³-hybridized carbons (Fsp3) is 0.449. The van der Waals surface area contributed by atoms with Gasteiger partial charge in [0.05, 0.1) is 12.2 Å². The molecule has 93 heavy (non-hydrogen) atoms. The van der Waals surface area contributed by atoms with Crippen LogP contribution >= 0.6 is 81.8 Å². The number of carbonyl (C=O) groups is 3. The summed E-state index contributed by atoms with van der Waals surface area (Å²) in [5.41, 5.74) is 6.97. The van der Waals surface area contributed by atoms with E-state index in [1.165, 1.54) is 89.8 Å². The van der Waals surface area contributed by atoms with Crippen molar-refractivity contribution in [3.63, 3.8) is 0 Å². The Bertz CT molecular complexity index is 3620. The third-order valence-corrected chi connectivity index (χ3v) is 24.6. The molecule has 0 aliphatic heterocycles. The Morgan fingerprint density at radius 3 is 1.23 bits per heavy atom. The van der Waals surface area contributed by atoms with Gasteiger partial charge in [0.1, 0.15) is 20.4 Å². The molecule has 3 heterocycles. The standard InChI is InChI=1S/C27H29BrO3S.C26H33BrO3S.C25H31BrO3S/c1-2-3-5-18-8-9-19-16-20(10-13-22(19)26(18)29)25-17(11-14-23(25)28)6-4-7-21-12-15-24(32-21)27(30)31;1-2-3-4-9-23(28)18-10-12-20(13-11-18)25-19(14-16-22(25)27)7-5-6-8-21-15-17-24(31-21)26(29)30;1-2-3-4-8-22(27)17-9-11-19(12-10-17)24-18(13-15-21(24)26)6-5-7-20-14-16-23(30-20)25(28)29/h8-10,12-17,25,29H,2-7,11H2,1H3,(H,30,31);10-13,15-17,19,23,25,28H,2-9,14H2,1H3,(H,29,30);9-12,14-16,18,22,24,27H,2-8,13H2,1H3,(H,28,29)/t17-,25?;19-,23?,25?;18-,22?,24?/m000/s1. The summed E-state index contributed by atoms with van der Waals surface area (Å²) in [5, 5.41) is 60.8. The van der Waals surface area contributed by atoms with Gasteiger partial charge in [-0.2, -0.15) is 0 Å². The van der Waals surface area contributed by atoms with Gasteiger partial charge in [-0.25, -0.2) is 14.4 Å². The van der Waals surface area contributed by atoms with Crippen molar-refractivity contribution in [1.29, 1.82) is 0 Å². The van der Waals surface area contributed by atoms with Crippen molar-refractivity contribution in [1.82, 2.24) is 0 Å². The van der Waals surface area contributed by atoms with Crippen LogP contribution in [0, 0.1) is 17.8 Å². The van der Waals surface area contributed by atoms with Gasteiger partial charge in [0.15, 0.2) is 0 Å². The molecular formula is C78H93Br3O9S3. The van der Waals surface area contributed by atoms with Crippen LogP contribution in [-0.2, 0) is 25.7 Å². The predicted molar refractivity (Wildman–Crippen MR) is 396 cm³/mol. The van der Waals surface area contributed by atoms with Gasteiger partial charge >= 0.3 is 17.9 Å². The molecule has 3 aliphatic rings. The van der Waals surface area contributed by atoms with Gasteiger partial charge in [0.25, 0.3) is 0 Å². The first kappa shape index (κ1) is 73.8. The number of carboxylic acid groups (broad SMARTS) is 3. The number of rotatable bonds is 32. The number of phenolic OH excluding ortho intramolecular Hbond substituents is 1. The summed E-state index contributed by atoms with van der Waals surface area (Å²) >= 11 is 15.5. The fourth-order valence-corrected chi connectivity index (χ4v) is 18.7. The number of unbranched alkanes of at least 4 members (excludes halogenated alkanes) is 6. The molecule has 5 unspecified atom stereocenters. The van der Waals surface area contributed by atoms with E-state index in [0.29, 0.717) is 55.9 Å². The van der Waals surface area contributed by atoms with E-state index in [1.54, 1.807) is 18.2 Å². The number of hydrogen-bond donors (Lipinski definition) is 6. The van der Waals surface area contributed by atoms with E-state index < -0.39 is 17.9 Å². The van der Waals surface area contributed by atoms with E-state index in [1.807, 2.05) is 18.2 Å². The highest BCUT2D eigenvalue weighted by atomic mass is 79.9. The number of thiophene rings is 3. The maximum atomic E-state index is 11.1. The number of carboxylic acids is 3. The number of halogens is 3. The van der Waals surface area contributed by atoms with E-state index in [9.17, 15) is 29.7 Å². The maximum Gasteiger partial charge on any atom is 0.345 e. The van der Waals surface area contributed by atoms with Crippen LogP contribution in [0.1, 0.15) is 256 Å². The monoisotopic (exact) mass is 1510 g/mol. The predicted octanol–water partition coefficient (Wildman–Crippen LogP) is 23.4. The Kier molecular flexibility index (Phi) is 29.8. The van der Waals surface area contributed by atoms with E-state index >= 15 is 0 Å². The second kappa shape index (κ2) is 37.5. The van der Waals surface area contributed by atoms with Gasteiger partial charge in [0, 0.05) is 37.8 Å². The highest BCUT2D eigenvalue weighted by Gasteiger charge is 2.33. The number of fused-ring (bicyclic) bond motifs is 1. The lowest BCUT2D eigenvalue weighted by molar-refractivity contribution is 0.0691. The number of aliphatic hydroxyl groups is 2. The number of aromatic hydroxyl groups is 1. The number of aliphatic hydroxyl groups excluding tert-OH is 2. The third-order valence-electron chi connectivity index (χ3n) is 18.8. The summed E-state index contributed by atoms with van der Waals surface area (Å²) in [6.45, 7) is 6.53. The molecule has 0 saturated heterocycles. The molecule has 0 saturated carbocycles. The van der Waals surface area contributed by atoms with Crippen molar-refractivity contribution < 1.29 is 45.0 Å². The smallest absolute Gasteiger partial charge is 0.345 e. The second-order valence-corrected chi connectivity index (χ2v) is 31.7. The van der Waals surface area contributed by atoms with Gasteiger partial charge in [-0.05, 0) is 209 Å². The zero-order valence-corrected chi connectivity index (χ0v) is 61.3. The van der Waals surface area contributed by atoms with Gasteiger partial charge in [-0.1, -0.05) is 217 Å². The van der Waals surface area contributed by atoms with Crippen molar-refractivity contribution in [3.8, 4) is 5.75 Å². The molecule has 0 spiro atoms. The minimum Gasteiger partial charge on any atom is -0.507 e. The van der Waals surface area contributed by atoms with Crippen molar-refractivity contribution >= 4 is 110 Å². The Morgan fingerprint density at radius 2 is 0.828 bits per heavy atom. The van der Waals surface area contributed by atoms with E-state index in [0.717, 1.165) is 171 Å². The zero-order chi connectivity index (χ0) is 66.4. The Balaban J connectivity index is 0.000000179. The third kappa shape index (κ3) is 21.3. The minimum atomic E-state index is -0.843. The number of aryl methyl sites for hydroxylation is 4. The van der Waals surface area contributed by atoms with Crippen LogP contribution in [-0.4, -0.2) is 48.5 Å². The first-order valence-corrected chi connectivity index (χ1v) is 38.6. The van der Waals surface area contributed by atoms with Crippen LogP contribution < -0.4 is 0 Å². The molecule has 9 nitrogen and oxygen atoms in total. The van der Waals surface area contributed by atoms with Crippen molar-refractivity contribution in [2.45, 2.75) is 205 Å². The number of hydrogen-bond acceptors (Lipinski definition) is 9. The largest absolute Gasteiger partial charge is 0.507 e. The normalized spacial score (nSPS) is 19.1. The average molecular weight is 1510 g/mol. The average Bonchev–Trinajstić information content (AvgIpc) is 1.70. The molecule has 0 bridgehead atoms. The molecule has 498 valence electrons. The molecule has 15 heteroatoms. The SMILES string of the molecule is CCCCCC(O)c1ccc(C2C(Br)=CC[C@@H]2CCCCc2ccc(C(=O)O)s2)cc1.CCCCCC(O)c1ccc(C2C(Br)=CC[C@@H]2CCCc2ccc(C(=O)O)s2)cc1.CCCCc1ccc2cc(C3C(Br)=CC[C@@H]3CCCc3ccc(C(=O)O)s3)ccc2c1O. The maximum absolute atomic E-state index is 11.1. The van der Waals surface area contributed by atoms with E-state index in [2.05, 4.69) is 166 Å². The molecule has 0 fully saturated rings. The minimum absolute atomic E-state index is 0.333. The molecule has 8 atom stereocenters. The highest BCUT2D eigenvalue weighted by molar-refractivity contribution is 9.12. The first-order chi connectivity index (χ1) is 45.0. The lowest BCUT2D eigenvalue weighted by Gasteiger charge is -2.22. The Hall–Kier alpha value is -4.97. The van der Waals surface area contributed by atoms with Crippen LogP contribution in [0.25, 0.3) is 10.8 Å². The van der Waals surface area contributed by atoms with Crippen LogP contribution in [0.5, 0.6) is 5.75 Å². The quantitative estimate of drug-likeness (QED) is 0.0225. The van der Waals surface area contributed by atoms with Crippen molar-refractivity contribution in [2.24, 2.45) is 17.8 Å². The highest BCUT2D eigenvalue weighted by Crippen LogP contribution is 2.49. The second-order valence-electron chi connectivity index (χ2n) is 25.4. The molecule has 3 aromatic heterocycles. The molecular weight excluding hydrogens is 1420 g/mol. The van der Waals surface area contributed by atoms with Crippen LogP contribution in [0.3, 0.4) is 0 Å². The Morgan fingerprint density at radius 1 is 0.441 bits per heavy atom. The summed E-state index contributed by atoms with van der Waals surface area (Å²) < 4.78 is 3.78. The fourth-order valence-electron chi connectivity index (χ4n) is 13.6. The van der Waals surface area contributed by atoms with Gasteiger partial charge in [-0.15, -0.1) is 34.0 Å². The number of phenols is 1. The summed E-state index contributed by atoms with van der Waals surface area (Å²) in [4.78, 5) is 37.9.